The van der Waals surface area contributed by atoms with Crippen LogP contribution < -0.4 is 10.6 Å². The molecule has 0 aliphatic heterocycles. The van der Waals surface area contributed by atoms with Crippen LogP contribution in [0.15, 0.2) is 29.6 Å². The number of nitrogens with one attached hydrogen (secondary N) is 2. The number of amides is 1. The summed E-state index contributed by atoms with van der Waals surface area (Å²) >= 11 is 0. The second-order valence-electron chi connectivity index (χ2n) is 5.82. The molecule has 25 heavy (non-hydrogen) atoms. The Morgan fingerprint density at radius 2 is 1.84 bits per heavy atom. The van der Waals surface area contributed by atoms with Crippen LogP contribution in [-0.4, -0.2) is 53.5 Å². The average Bonchev–Trinajstić information content (AvgIpc) is 2.59. The van der Waals surface area contributed by atoms with Crippen LogP contribution in [0.2, 0.25) is 0 Å². The molecule has 1 atom stereocenters. The maximum atomic E-state index is 12.0. The third-order valence-corrected chi connectivity index (χ3v) is 3.34. The molecule has 1 aliphatic rings. The van der Waals surface area contributed by atoms with Crippen LogP contribution in [-0.2, 0) is 4.79 Å². The van der Waals surface area contributed by atoms with Crippen molar-refractivity contribution in [3.8, 4) is 5.75 Å². The van der Waals surface area contributed by atoms with Crippen LogP contribution in [0.5, 0.6) is 5.75 Å². The van der Waals surface area contributed by atoms with Crippen molar-refractivity contribution in [3.05, 3.63) is 35.2 Å². The third kappa shape index (κ3) is 4.51. The van der Waals surface area contributed by atoms with Crippen LogP contribution in [0.4, 0.5) is 5.69 Å². The monoisotopic (exact) mass is 349 g/mol. The summed E-state index contributed by atoms with van der Waals surface area (Å²) in [5.41, 5.74) is 0.946. The van der Waals surface area contributed by atoms with Crippen LogP contribution in [0.3, 0.4) is 0 Å². The molecule has 138 valence electrons. The lowest BCUT2D eigenvalue weighted by Gasteiger charge is -2.29. The Morgan fingerprint density at radius 3 is 2.36 bits per heavy atom. The van der Waals surface area contributed by atoms with E-state index in [0.29, 0.717) is 12.2 Å². The molecule has 1 amide bonds. The second kappa shape index (κ2) is 9.08. The van der Waals surface area contributed by atoms with Gasteiger partial charge >= 0.3 is 0 Å². The second-order valence-corrected chi connectivity index (χ2v) is 5.82. The van der Waals surface area contributed by atoms with Gasteiger partial charge in [0.05, 0.1) is 16.9 Å². The van der Waals surface area contributed by atoms with Crippen molar-refractivity contribution in [1.29, 1.82) is 0 Å². The van der Waals surface area contributed by atoms with E-state index in [9.17, 15) is 19.8 Å². The molecule has 1 aromatic rings. The van der Waals surface area contributed by atoms with Gasteiger partial charge in [-0.2, -0.15) is 0 Å². The van der Waals surface area contributed by atoms with E-state index in [0.717, 1.165) is 0 Å². The van der Waals surface area contributed by atoms with Crippen LogP contribution >= 0.6 is 0 Å². The number of aromatic hydroxyl groups is 1. The van der Waals surface area contributed by atoms with E-state index < -0.39 is 11.9 Å². The molecule has 0 fully saturated rings. The van der Waals surface area contributed by atoms with Gasteiger partial charge in [0.15, 0.2) is 11.9 Å². The summed E-state index contributed by atoms with van der Waals surface area (Å²) in [6, 6.07) is 4.65. The number of hydrogen-bond donors (Lipinski definition) is 4. The van der Waals surface area contributed by atoms with Crippen LogP contribution in [0, 0.1) is 0 Å². The van der Waals surface area contributed by atoms with Gasteiger partial charge in [-0.25, -0.2) is 0 Å². The normalized spacial score (nSPS) is 15.8. The largest absolute Gasteiger partial charge is 0.505 e. The van der Waals surface area contributed by atoms with E-state index in [1.807, 2.05) is 6.92 Å². The smallest absolute Gasteiger partial charge is 0.257 e. The molecule has 0 saturated heterocycles. The lowest BCUT2D eigenvalue weighted by molar-refractivity contribution is -0.124. The number of carbonyl (C=O) groups excluding carboxylic acids is 2. The van der Waals surface area contributed by atoms with Crippen LogP contribution in [0.25, 0.3) is 0 Å². The number of phenols is 1. The van der Waals surface area contributed by atoms with Gasteiger partial charge in [-0.05, 0) is 19.1 Å². The topological polar surface area (TPSA) is 102 Å². The van der Waals surface area contributed by atoms with Crippen molar-refractivity contribution < 1.29 is 19.8 Å². The highest BCUT2D eigenvalue weighted by Crippen LogP contribution is 2.32. The standard InChI is InChI=1S/C15H19N3O4.C3H8/c1-4-16-10-11(14(21)13(10)20)17-9-7-5-6-8(12(9)19)15(22)18(2)3;1-3-2/h5-7,13,16-17,19-20H,4H2,1-3H3;3H2,1-2H3. The van der Waals surface area contributed by atoms with Gasteiger partial charge in [0, 0.05) is 20.6 Å². The Kier molecular flexibility index (Phi) is 7.44. The van der Waals surface area contributed by atoms with Gasteiger partial charge in [0.25, 0.3) is 5.91 Å². The summed E-state index contributed by atoms with van der Waals surface area (Å²) in [6.45, 7) is 6.64. The first-order chi connectivity index (χ1) is 11.8. The van der Waals surface area contributed by atoms with Crippen molar-refractivity contribution in [2.24, 2.45) is 0 Å². The van der Waals surface area contributed by atoms with Gasteiger partial charge in [-0.15, -0.1) is 0 Å². The number of phenolic OH excluding ortho intramolecular Hbond substituents is 1. The van der Waals surface area contributed by atoms with E-state index in [1.54, 1.807) is 26.2 Å². The van der Waals surface area contributed by atoms with Gasteiger partial charge in [-0.1, -0.05) is 26.3 Å². The molecular formula is C18H27N3O4. The number of nitrogens with zero attached hydrogens (tertiary/aromatic N) is 1. The van der Waals surface area contributed by atoms with Crippen molar-refractivity contribution in [2.75, 3.05) is 26.0 Å². The Balaban J connectivity index is 0.000000970. The fraction of sp³-hybridized carbons (Fsp3) is 0.444. The molecule has 0 aromatic heterocycles. The van der Waals surface area contributed by atoms with Crippen molar-refractivity contribution >= 4 is 17.4 Å². The zero-order valence-corrected chi connectivity index (χ0v) is 15.4. The lowest BCUT2D eigenvalue weighted by atomic mass is 9.94. The predicted octanol–water partition coefficient (Wildman–Crippen LogP) is 1.69. The number of benzene rings is 1. The first-order valence-corrected chi connectivity index (χ1v) is 8.30. The van der Waals surface area contributed by atoms with Crippen molar-refractivity contribution in [1.82, 2.24) is 10.2 Å². The highest BCUT2D eigenvalue weighted by atomic mass is 16.3. The summed E-state index contributed by atoms with van der Waals surface area (Å²) in [6.07, 6.45) is 0.0798. The summed E-state index contributed by atoms with van der Waals surface area (Å²) < 4.78 is 0. The summed E-state index contributed by atoms with van der Waals surface area (Å²) in [7, 11) is 3.17. The number of ketones is 1. The Hall–Kier alpha value is -2.54. The molecule has 0 bridgehead atoms. The first kappa shape index (κ1) is 20.5. The zero-order valence-electron chi connectivity index (χ0n) is 15.4. The fourth-order valence-corrected chi connectivity index (χ4v) is 2.16. The Morgan fingerprint density at radius 1 is 1.24 bits per heavy atom. The minimum Gasteiger partial charge on any atom is -0.505 e. The SMILES string of the molecule is CCC.CCNC1=C(Nc2cccc(C(=O)N(C)C)c2O)C(=O)C1O. The van der Waals surface area contributed by atoms with Gasteiger partial charge in [-0.3, -0.25) is 9.59 Å². The first-order valence-electron chi connectivity index (χ1n) is 8.30. The summed E-state index contributed by atoms with van der Waals surface area (Å²) in [5, 5.41) is 25.5. The summed E-state index contributed by atoms with van der Waals surface area (Å²) in [5.74, 6) is -1.04. The Labute approximate surface area is 148 Å². The number of Topliss-reactive ketones (excluding diaryl/α,β-unsaturated/α-hetero) is 1. The molecule has 0 spiro atoms. The quantitative estimate of drug-likeness (QED) is 0.604. The summed E-state index contributed by atoms with van der Waals surface area (Å²) in [4.78, 5) is 25.0. The zero-order chi connectivity index (χ0) is 19.1. The Bertz CT molecular complexity index is 668. The molecule has 1 aliphatic carbocycles. The fourth-order valence-electron chi connectivity index (χ4n) is 2.16. The molecule has 0 saturated carbocycles. The predicted molar refractivity (Wildman–Crippen MR) is 97.4 cm³/mol. The average molecular weight is 349 g/mol. The maximum Gasteiger partial charge on any atom is 0.257 e. The molecule has 7 nitrogen and oxygen atoms in total. The third-order valence-electron chi connectivity index (χ3n) is 3.34. The number of para-hydroxylation sites is 1. The minimum atomic E-state index is -1.17. The molecule has 0 radical (unpaired) electrons. The van der Waals surface area contributed by atoms with E-state index >= 15 is 0 Å². The van der Waals surface area contributed by atoms with E-state index in [1.165, 1.54) is 17.4 Å². The number of rotatable bonds is 5. The van der Waals surface area contributed by atoms with Crippen LogP contribution in [0.1, 0.15) is 37.6 Å². The highest BCUT2D eigenvalue weighted by Gasteiger charge is 2.38. The molecule has 7 heteroatoms. The number of hydrogen-bond acceptors (Lipinski definition) is 6. The molecule has 2 rings (SSSR count). The van der Waals surface area contributed by atoms with Crippen molar-refractivity contribution in [3.63, 3.8) is 0 Å². The van der Waals surface area contributed by atoms with Gasteiger partial charge in [0.1, 0.15) is 5.70 Å². The van der Waals surface area contributed by atoms with Gasteiger partial charge in [0.2, 0.25) is 5.78 Å². The highest BCUT2D eigenvalue weighted by molar-refractivity contribution is 6.11. The number of aliphatic hydroxyl groups is 1. The molecule has 1 unspecified atom stereocenters. The number of aliphatic hydroxyl groups excluding tert-OH is 1. The molecule has 1 aromatic carbocycles. The molecule has 0 heterocycles. The minimum absolute atomic E-state index is 0.132. The lowest BCUT2D eigenvalue weighted by Crippen LogP contribution is -2.45. The molecule has 4 N–H and O–H groups in total. The van der Waals surface area contributed by atoms with Gasteiger partial charge < -0.3 is 25.7 Å². The van der Waals surface area contributed by atoms with E-state index in [-0.39, 0.29) is 28.6 Å². The van der Waals surface area contributed by atoms with E-state index in [2.05, 4.69) is 24.5 Å². The molecular weight excluding hydrogens is 322 g/mol. The number of likely N-dealkylation sites (N-methyl/N-ethyl adjacent to an activating group) is 1. The maximum absolute atomic E-state index is 12.0. The number of carbonyl (C=O) groups is 2. The van der Waals surface area contributed by atoms with Crippen molar-refractivity contribution in [2.45, 2.75) is 33.3 Å². The van der Waals surface area contributed by atoms with E-state index in [4.69, 9.17) is 0 Å². The number of anilines is 1.